The molecule has 2 aromatic rings. The normalized spacial score (nSPS) is 18.7. The number of fused-ring (bicyclic) bond motifs is 1. The number of amides is 1. The minimum Gasteiger partial charge on any atom is -0.349 e. The zero-order valence-electron chi connectivity index (χ0n) is 14.4. The highest BCUT2D eigenvalue weighted by Crippen LogP contribution is 2.18. The van der Waals surface area contributed by atoms with Crippen LogP contribution in [-0.2, 0) is 0 Å². The molecule has 0 aliphatic heterocycles. The maximum absolute atomic E-state index is 12.6. The molecule has 1 aliphatic carbocycles. The molecule has 1 aromatic carbocycles. The molecule has 2 N–H and O–H groups in total. The first-order valence-corrected chi connectivity index (χ1v) is 9.44. The molecule has 0 spiro atoms. The van der Waals surface area contributed by atoms with E-state index in [2.05, 4.69) is 20.7 Å². The van der Waals surface area contributed by atoms with Gasteiger partial charge in [0, 0.05) is 11.6 Å². The zero-order chi connectivity index (χ0) is 16.6. The Labute approximate surface area is 143 Å². The molecule has 130 valence electrons. The van der Waals surface area contributed by atoms with Crippen LogP contribution in [0.3, 0.4) is 0 Å². The highest BCUT2D eigenvalue weighted by Gasteiger charge is 2.15. The van der Waals surface area contributed by atoms with Gasteiger partial charge in [-0.3, -0.25) is 4.79 Å². The standard InChI is InChI=1S/C19H28N4O/c24-19(15-12-13-17-18(14-15)22-23-21-17)20-16-10-8-6-4-2-1-3-5-7-9-11-16/h12-14,16H,1-11H2,(H,20,24)(H,21,22,23). The fraction of sp³-hybridized carbons (Fsp3) is 0.632. The molecule has 0 bridgehead atoms. The molecule has 1 heterocycles. The molecule has 1 aromatic heterocycles. The van der Waals surface area contributed by atoms with Crippen LogP contribution in [-0.4, -0.2) is 27.4 Å². The van der Waals surface area contributed by atoms with E-state index >= 15 is 0 Å². The van der Waals surface area contributed by atoms with E-state index < -0.39 is 0 Å². The fourth-order valence-electron chi connectivity index (χ4n) is 3.56. The highest BCUT2D eigenvalue weighted by molar-refractivity contribution is 5.97. The van der Waals surface area contributed by atoms with E-state index in [1.54, 1.807) is 0 Å². The quantitative estimate of drug-likeness (QED) is 0.860. The average molecular weight is 328 g/mol. The van der Waals surface area contributed by atoms with Gasteiger partial charge < -0.3 is 5.32 Å². The molecule has 1 amide bonds. The van der Waals surface area contributed by atoms with Crippen molar-refractivity contribution in [3.8, 4) is 0 Å². The van der Waals surface area contributed by atoms with Crippen LogP contribution in [0.15, 0.2) is 18.2 Å². The third-order valence-electron chi connectivity index (χ3n) is 5.02. The first-order valence-electron chi connectivity index (χ1n) is 9.44. The molecule has 0 unspecified atom stereocenters. The van der Waals surface area contributed by atoms with Crippen LogP contribution in [0.5, 0.6) is 0 Å². The van der Waals surface area contributed by atoms with Crippen LogP contribution >= 0.6 is 0 Å². The molecule has 0 radical (unpaired) electrons. The highest BCUT2D eigenvalue weighted by atomic mass is 16.1. The van der Waals surface area contributed by atoms with Gasteiger partial charge in [0.1, 0.15) is 11.0 Å². The summed E-state index contributed by atoms with van der Waals surface area (Å²) in [4.78, 5) is 12.6. The predicted molar refractivity (Wildman–Crippen MR) is 95.9 cm³/mol. The van der Waals surface area contributed by atoms with E-state index in [9.17, 15) is 4.79 Å². The SMILES string of the molecule is O=C(NC1CCCCCCCCCCC1)c1ccc2n[nH]nc2c1. The van der Waals surface area contributed by atoms with E-state index in [-0.39, 0.29) is 5.91 Å². The average Bonchev–Trinajstić information content (AvgIpc) is 3.05. The summed E-state index contributed by atoms with van der Waals surface area (Å²) in [5.41, 5.74) is 2.20. The lowest BCUT2D eigenvalue weighted by Gasteiger charge is -2.19. The number of hydrogen-bond acceptors (Lipinski definition) is 3. The van der Waals surface area contributed by atoms with Gasteiger partial charge in [0.15, 0.2) is 0 Å². The van der Waals surface area contributed by atoms with Gasteiger partial charge in [-0.2, -0.15) is 15.4 Å². The number of rotatable bonds is 2. The van der Waals surface area contributed by atoms with Crippen molar-refractivity contribution in [2.75, 3.05) is 0 Å². The number of aromatic nitrogens is 3. The van der Waals surface area contributed by atoms with Crippen LogP contribution in [0.25, 0.3) is 11.0 Å². The number of aromatic amines is 1. The van der Waals surface area contributed by atoms with E-state index in [4.69, 9.17) is 0 Å². The van der Waals surface area contributed by atoms with Crippen molar-refractivity contribution in [2.45, 2.75) is 76.7 Å². The molecule has 5 heteroatoms. The lowest BCUT2D eigenvalue weighted by Crippen LogP contribution is -2.34. The first kappa shape index (κ1) is 16.9. The number of nitrogens with one attached hydrogen (secondary N) is 2. The Balaban J connectivity index is 1.59. The van der Waals surface area contributed by atoms with Crippen molar-refractivity contribution in [1.29, 1.82) is 0 Å². The molecular formula is C19H28N4O. The Bertz CT molecular complexity index is 640. The van der Waals surface area contributed by atoms with E-state index in [1.165, 1.54) is 57.8 Å². The fourth-order valence-corrected chi connectivity index (χ4v) is 3.56. The summed E-state index contributed by atoms with van der Waals surface area (Å²) in [6.07, 6.45) is 14.0. The second kappa shape index (κ2) is 8.81. The second-order valence-corrected chi connectivity index (χ2v) is 6.96. The summed E-state index contributed by atoms with van der Waals surface area (Å²) < 4.78 is 0. The number of benzene rings is 1. The topological polar surface area (TPSA) is 70.7 Å². The molecule has 3 rings (SSSR count). The minimum absolute atomic E-state index is 0.0111. The van der Waals surface area contributed by atoms with E-state index in [0.29, 0.717) is 11.6 Å². The monoisotopic (exact) mass is 328 g/mol. The summed E-state index contributed by atoms with van der Waals surface area (Å²) in [7, 11) is 0. The zero-order valence-corrected chi connectivity index (χ0v) is 14.4. The molecule has 1 aliphatic rings. The minimum atomic E-state index is 0.0111. The maximum atomic E-state index is 12.6. The largest absolute Gasteiger partial charge is 0.349 e. The van der Waals surface area contributed by atoms with Crippen LogP contribution in [0.2, 0.25) is 0 Å². The van der Waals surface area contributed by atoms with Crippen molar-refractivity contribution in [1.82, 2.24) is 20.7 Å². The van der Waals surface area contributed by atoms with E-state index in [1.807, 2.05) is 18.2 Å². The summed E-state index contributed by atoms with van der Waals surface area (Å²) >= 11 is 0. The Hall–Kier alpha value is -1.91. The Morgan fingerprint density at radius 1 is 0.875 bits per heavy atom. The number of H-pyrrole nitrogens is 1. The molecule has 5 nitrogen and oxygen atoms in total. The van der Waals surface area contributed by atoms with Crippen molar-refractivity contribution in [3.05, 3.63) is 23.8 Å². The van der Waals surface area contributed by atoms with Crippen molar-refractivity contribution in [2.24, 2.45) is 0 Å². The molecule has 1 saturated carbocycles. The first-order chi connectivity index (χ1) is 11.8. The smallest absolute Gasteiger partial charge is 0.251 e. The maximum Gasteiger partial charge on any atom is 0.251 e. The lowest BCUT2D eigenvalue weighted by atomic mass is 9.97. The number of nitrogens with zero attached hydrogens (tertiary/aromatic N) is 2. The second-order valence-electron chi connectivity index (χ2n) is 6.96. The van der Waals surface area contributed by atoms with Crippen LogP contribution in [0.1, 0.15) is 81.0 Å². The Morgan fingerprint density at radius 3 is 2.12 bits per heavy atom. The van der Waals surface area contributed by atoms with E-state index in [0.717, 1.165) is 23.9 Å². The number of carbonyl (C=O) groups excluding carboxylic acids is 1. The summed E-state index contributed by atoms with van der Waals surface area (Å²) in [5.74, 6) is 0.0111. The van der Waals surface area contributed by atoms with Gasteiger partial charge in [0.2, 0.25) is 0 Å². The molecule has 1 fully saturated rings. The van der Waals surface area contributed by atoms with Crippen molar-refractivity contribution in [3.63, 3.8) is 0 Å². The van der Waals surface area contributed by atoms with Gasteiger partial charge >= 0.3 is 0 Å². The van der Waals surface area contributed by atoms with Crippen LogP contribution in [0.4, 0.5) is 0 Å². The summed E-state index contributed by atoms with van der Waals surface area (Å²) in [6.45, 7) is 0. The molecule has 0 atom stereocenters. The van der Waals surface area contributed by atoms with Crippen LogP contribution < -0.4 is 5.32 Å². The molecular weight excluding hydrogens is 300 g/mol. The lowest BCUT2D eigenvalue weighted by molar-refractivity contribution is 0.0931. The van der Waals surface area contributed by atoms with Gasteiger partial charge in [0.25, 0.3) is 5.91 Å². The van der Waals surface area contributed by atoms with Crippen molar-refractivity contribution < 1.29 is 4.79 Å². The predicted octanol–water partition coefficient (Wildman–Crippen LogP) is 4.36. The third-order valence-corrected chi connectivity index (χ3v) is 5.02. The third kappa shape index (κ3) is 4.79. The molecule has 0 saturated heterocycles. The summed E-state index contributed by atoms with van der Waals surface area (Å²) in [6, 6.07) is 5.78. The van der Waals surface area contributed by atoms with Gasteiger partial charge in [-0.25, -0.2) is 0 Å². The van der Waals surface area contributed by atoms with Crippen molar-refractivity contribution >= 4 is 16.9 Å². The van der Waals surface area contributed by atoms with Gasteiger partial charge in [-0.05, 0) is 31.0 Å². The number of carbonyl (C=O) groups is 1. The Kier molecular flexibility index (Phi) is 6.21. The summed E-state index contributed by atoms with van der Waals surface area (Å²) in [5, 5.41) is 13.9. The van der Waals surface area contributed by atoms with Gasteiger partial charge in [-0.1, -0.05) is 57.8 Å². The Morgan fingerprint density at radius 2 is 1.46 bits per heavy atom. The van der Waals surface area contributed by atoms with Crippen LogP contribution in [0, 0.1) is 0 Å². The molecule has 24 heavy (non-hydrogen) atoms. The number of hydrogen-bond donors (Lipinski definition) is 2. The van der Waals surface area contributed by atoms with Gasteiger partial charge in [-0.15, -0.1) is 0 Å². The van der Waals surface area contributed by atoms with Gasteiger partial charge in [0.05, 0.1) is 0 Å².